The van der Waals surface area contributed by atoms with Crippen LogP contribution in [0.3, 0.4) is 0 Å². The van der Waals surface area contributed by atoms with E-state index in [1.165, 1.54) is 28.7 Å². The van der Waals surface area contributed by atoms with Crippen LogP contribution in [-0.4, -0.2) is 0 Å². The largest absolute Gasteiger partial charge is 0.311 e. The Bertz CT molecular complexity index is 1490. The van der Waals surface area contributed by atoms with E-state index in [-0.39, 0.29) is 5.41 Å². The van der Waals surface area contributed by atoms with Gasteiger partial charge in [0.25, 0.3) is 0 Å². The monoisotopic (exact) mass is 568 g/mol. The molecule has 222 valence electrons. The van der Waals surface area contributed by atoms with E-state index in [9.17, 15) is 0 Å². The summed E-state index contributed by atoms with van der Waals surface area (Å²) < 4.78 is 0. The molecule has 0 unspecified atom stereocenters. The first-order valence-corrected chi connectivity index (χ1v) is 15.7. The third-order valence-corrected chi connectivity index (χ3v) is 7.54. The number of benzene rings is 5. The molecule has 2 nitrogen and oxygen atoms in total. The molecule has 2 heteroatoms. The molecule has 5 aromatic carbocycles. The van der Waals surface area contributed by atoms with Crippen LogP contribution >= 0.6 is 0 Å². The maximum absolute atomic E-state index is 2.34. The number of aryl methyl sites for hydroxylation is 3. The van der Waals surface area contributed by atoms with Gasteiger partial charge in [0.2, 0.25) is 0 Å². The summed E-state index contributed by atoms with van der Waals surface area (Å²) in [5, 5.41) is 0. The fourth-order valence-electron chi connectivity index (χ4n) is 5.02. The summed E-state index contributed by atoms with van der Waals surface area (Å²) in [4.78, 5) is 4.67. The molecule has 43 heavy (non-hydrogen) atoms. The van der Waals surface area contributed by atoms with Gasteiger partial charge in [0, 0.05) is 34.1 Å². The molecule has 0 amide bonds. The minimum Gasteiger partial charge on any atom is -0.311 e. The molecule has 0 fully saturated rings. The van der Waals surface area contributed by atoms with Gasteiger partial charge in [-0.2, -0.15) is 0 Å². The van der Waals surface area contributed by atoms with Crippen molar-refractivity contribution in [1.82, 2.24) is 0 Å². The second-order valence-electron chi connectivity index (χ2n) is 12.4. The first kappa shape index (κ1) is 31.6. The van der Waals surface area contributed by atoms with Crippen molar-refractivity contribution < 1.29 is 0 Å². The number of rotatable bonds is 7. The highest BCUT2D eigenvalue weighted by Crippen LogP contribution is 2.39. The second kappa shape index (κ2) is 14.2. The van der Waals surface area contributed by atoms with Gasteiger partial charge in [0.15, 0.2) is 0 Å². The first-order valence-electron chi connectivity index (χ1n) is 15.7. The zero-order valence-corrected chi connectivity index (χ0v) is 27.4. The van der Waals surface area contributed by atoms with E-state index in [2.05, 4.69) is 187 Å². The third kappa shape index (κ3) is 7.96. The van der Waals surface area contributed by atoms with E-state index < -0.39 is 0 Å². The molecule has 0 spiro atoms. The topological polar surface area (TPSA) is 6.48 Å². The molecule has 0 N–H and O–H groups in total. The maximum Gasteiger partial charge on any atom is 0.0463 e. The molecule has 5 rings (SSSR count). The van der Waals surface area contributed by atoms with Crippen molar-refractivity contribution >= 4 is 34.1 Å². The Balaban J connectivity index is 0.00000135. The van der Waals surface area contributed by atoms with Crippen molar-refractivity contribution in [2.24, 2.45) is 0 Å². The van der Waals surface area contributed by atoms with Crippen LogP contribution in [0.5, 0.6) is 0 Å². The van der Waals surface area contributed by atoms with Gasteiger partial charge in [0.1, 0.15) is 0 Å². The normalized spacial score (nSPS) is 11.0. The summed E-state index contributed by atoms with van der Waals surface area (Å²) in [6, 6.07) is 44.3. The smallest absolute Gasteiger partial charge is 0.0463 e. The summed E-state index contributed by atoms with van der Waals surface area (Å²) >= 11 is 0. The second-order valence-corrected chi connectivity index (χ2v) is 12.4. The van der Waals surface area contributed by atoms with Gasteiger partial charge >= 0.3 is 0 Å². The lowest BCUT2D eigenvalue weighted by atomic mass is 9.87. The van der Waals surface area contributed by atoms with Crippen LogP contribution in [0.4, 0.5) is 34.1 Å². The number of nitrogens with zero attached hydrogens (tertiary/aromatic N) is 2. The summed E-state index contributed by atoms with van der Waals surface area (Å²) in [5.41, 5.74) is 12.2. The van der Waals surface area contributed by atoms with Crippen LogP contribution in [0.1, 0.15) is 70.2 Å². The lowest BCUT2D eigenvalue weighted by molar-refractivity contribution is 0.590. The molecular weight excluding hydrogens is 520 g/mol. The number of anilines is 6. The van der Waals surface area contributed by atoms with Gasteiger partial charge < -0.3 is 9.80 Å². The van der Waals surface area contributed by atoms with E-state index in [1.807, 2.05) is 0 Å². The highest BCUT2D eigenvalue weighted by Gasteiger charge is 2.18. The first-order chi connectivity index (χ1) is 20.6. The Kier molecular flexibility index (Phi) is 10.5. The van der Waals surface area contributed by atoms with Crippen LogP contribution in [-0.2, 0) is 11.8 Å². The molecule has 0 aromatic heterocycles. The SMILES string of the molecule is CCC.CCc1ccc(N(c2ccc(N(c3ccc(C)cc3)c3ccc(C)cc3)cc2)c2ccc(C(C)(C)C)cc2)cc1. The zero-order valence-electron chi connectivity index (χ0n) is 27.4. The van der Waals surface area contributed by atoms with Crippen molar-refractivity contribution in [3.63, 3.8) is 0 Å². The fraction of sp³-hybridized carbons (Fsp3) is 0.268. The minimum atomic E-state index is 0.114. The van der Waals surface area contributed by atoms with Gasteiger partial charge in [-0.05, 0) is 110 Å². The Morgan fingerprint density at radius 2 is 0.674 bits per heavy atom. The van der Waals surface area contributed by atoms with Gasteiger partial charge in [0.05, 0.1) is 0 Å². The van der Waals surface area contributed by atoms with Crippen LogP contribution in [0.2, 0.25) is 0 Å². The van der Waals surface area contributed by atoms with E-state index in [0.29, 0.717) is 0 Å². The van der Waals surface area contributed by atoms with Crippen LogP contribution in [0.15, 0.2) is 121 Å². The average molecular weight is 569 g/mol. The summed E-state index contributed by atoms with van der Waals surface area (Å²) in [7, 11) is 0. The van der Waals surface area contributed by atoms with Crippen LogP contribution in [0, 0.1) is 13.8 Å². The average Bonchev–Trinajstić information content (AvgIpc) is 3.01. The van der Waals surface area contributed by atoms with Crippen molar-refractivity contribution in [1.29, 1.82) is 0 Å². The van der Waals surface area contributed by atoms with E-state index in [4.69, 9.17) is 0 Å². The van der Waals surface area contributed by atoms with Crippen molar-refractivity contribution in [2.75, 3.05) is 9.80 Å². The van der Waals surface area contributed by atoms with Gasteiger partial charge in [-0.1, -0.05) is 108 Å². The highest BCUT2D eigenvalue weighted by molar-refractivity contribution is 5.81. The highest BCUT2D eigenvalue weighted by atomic mass is 15.2. The lowest BCUT2D eigenvalue weighted by Gasteiger charge is -2.29. The Labute approximate surface area is 260 Å². The van der Waals surface area contributed by atoms with E-state index in [1.54, 1.807) is 0 Å². The Morgan fingerprint density at radius 1 is 0.419 bits per heavy atom. The predicted octanol–water partition coefficient (Wildman–Crippen LogP) is 12.5. The van der Waals surface area contributed by atoms with E-state index >= 15 is 0 Å². The molecule has 0 aliphatic rings. The predicted molar refractivity (Wildman–Crippen MR) is 189 cm³/mol. The van der Waals surface area contributed by atoms with E-state index in [0.717, 1.165) is 40.5 Å². The molecule has 0 atom stereocenters. The van der Waals surface area contributed by atoms with Crippen molar-refractivity contribution in [3.8, 4) is 0 Å². The van der Waals surface area contributed by atoms with Crippen molar-refractivity contribution in [2.45, 2.75) is 73.6 Å². The molecule has 0 aliphatic heterocycles. The Morgan fingerprint density at radius 3 is 0.953 bits per heavy atom. The van der Waals surface area contributed by atoms with Crippen molar-refractivity contribution in [3.05, 3.63) is 144 Å². The number of hydrogen-bond acceptors (Lipinski definition) is 2. The molecule has 0 saturated heterocycles. The minimum absolute atomic E-state index is 0.114. The number of hydrogen-bond donors (Lipinski definition) is 0. The van der Waals surface area contributed by atoms with Crippen LogP contribution < -0.4 is 9.80 Å². The molecule has 0 heterocycles. The summed E-state index contributed by atoms with van der Waals surface area (Å²) in [5.74, 6) is 0. The molecule has 5 aromatic rings. The fourth-order valence-corrected chi connectivity index (χ4v) is 5.02. The summed E-state index contributed by atoms with van der Waals surface area (Å²) in [6.07, 6.45) is 2.28. The van der Waals surface area contributed by atoms with Crippen LogP contribution in [0.25, 0.3) is 0 Å². The van der Waals surface area contributed by atoms with Gasteiger partial charge in [-0.25, -0.2) is 0 Å². The summed E-state index contributed by atoms with van der Waals surface area (Å²) in [6.45, 7) is 17.5. The maximum atomic E-state index is 2.34. The standard InChI is InChI=1S/C38H40N2.C3H8/c1-7-30-12-20-34(21-13-30)40(35-22-14-31(15-23-35)38(4,5)6)37-26-24-36(25-27-37)39(32-16-8-28(2)9-17-32)33-18-10-29(3)11-19-33;1-3-2/h8-27H,7H2,1-6H3;3H2,1-2H3. The Hall–Kier alpha value is -4.30. The van der Waals surface area contributed by atoms with Gasteiger partial charge in [-0.15, -0.1) is 0 Å². The molecule has 0 bridgehead atoms. The third-order valence-electron chi connectivity index (χ3n) is 7.54. The lowest BCUT2D eigenvalue weighted by Crippen LogP contribution is -2.14. The molecular formula is C41H48N2. The molecule has 0 saturated carbocycles. The van der Waals surface area contributed by atoms with Gasteiger partial charge in [-0.3, -0.25) is 0 Å². The molecule has 0 radical (unpaired) electrons. The zero-order chi connectivity index (χ0) is 31.0. The quantitative estimate of drug-likeness (QED) is 0.193. The molecule has 0 aliphatic carbocycles.